The number of carbonyl (C=O) groups excluding carboxylic acids is 1. The van der Waals surface area contributed by atoms with E-state index in [0.29, 0.717) is 17.1 Å². The number of hydrogen-bond acceptors (Lipinski definition) is 5. The topological polar surface area (TPSA) is 99.3 Å². The molecule has 1 amide bonds. The minimum Gasteiger partial charge on any atom is -0.457 e. The molecule has 0 atom stereocenters. The Kier molecular flexibility index (Phi) is 5.16. The van der Waals surface area contributed by atoms with Crippen molar-refractivity contribution in [3.63, 3.8) is 0 Å². The van der Waals surface area contributed by atoms with Gasteiger partial charge in [-0.25, -0.2) is 0 Å². The number of aromatic nitrogens is 2. The quantitative estimate of drug-likeness (QED) is 0.528. The molecular formula is C19H18N4O4. The number of nitrogens with one attached hydrogen (secondary N) is 1. The van der Waals surface area contributed by atoms with Gasteiger partial charge in [0.25, 0.3) is 0 Å². The Morgan fingerprint density at radius 1 is 1.11 bits per heavy atom. The van der Waals surface area contributed by atoms with Crippen molar-refractivity contribution in [2.45, 2.75) is 20.4 Å². The molecule has 27 heavy (non-hydrogen) atoms. The van der Waals surface area contributed by atoms with Gasteiger partial charge in [0.2, 0.25) is 5.91 Å². The third-order valence-electron chi connectivity index (χ3n) is 3.94. The number of carbonyl (C=O) groups is 1. The fourth-order valence-corrected chi connectivity index (χ4v) is 2.67. The van der Waals surface area contributed by atoms with Crippen molar-refractivity contribution >= 4 is 17.3 Å². The Balaban J connectivity index is 1.63. The summed E-state index contributed by atoms with van der Waals surface area (Å²) in [5.74, 6) is 1.04. The number of nitro groups is 1. The number of anilines is 1. The molecular weight excluding hydrogens is 348 g/mol. The molecule has 2 aromatic carbocycles. The number of aryl methyl sites for hydroxylation is 1. The van der Waals surface area contributed by atoms with E-state index in [1.165, 1.54) is 4.68 Å². The number of hydrogen-bond donors (Lipinski definition) is 1. The summed E-state index contributed by atoms with van der Waals surface area (Å²) in [6, 6.07) is 16.3. The maximum absolute atomic E-state index is 12.2. The molecule has 0 saturated heterocycles. The van der Waals surface area contributed by atoms with Gasteiger partial charge in [0.15, 0.2) is 0 Å². The van der Waals surface area contributed by atoms with Gasteiger partial charge in [-0.15, -0.1) is 0 Å². The van der Waals surface area contributed by atoms with Crippen LogP contribution in [-0.4, -0.2) is 20.6 Å². The third-order valence-corrected chi connectivity index (χ3v) is 3.94. The van der Waals surface area contributed by atoms with Crippen molar-refractivity contribution in [3.8, 4) is 11.5 Å². The summed E-state index contributed by atoms with van der Waals surface area (Å²) >= 11 is 0. The second kappa shape index (κ2) is 7.69. The van der Waals surface area contributed by atoms with Crippen LogP contribution in [0.4, 0.5) is 11.4 Å². The highest BCUT2D eigenvalue weighted by Crippen LogP contribution is 2.23. The van der Waals surface area contributed by atoms with Crippen molar-refractivity contribution in [1.29, 1.82) is 0 Å². The molecule has 138 valence electrons. The van der Waals surface area contributed by atoms with Crippen LogP contribution in [0.3, 0.4) is 0 Å². The van der Waals surface area contributed by atoms with Gasteiger partial charge in [0.05, 0.1) is 4.92 Å². The highest BCUT2D eigenvalue weighted by Gasteiger charge is 2.22. The summed E-state index contributed by atoms with van der Waals surface area (Å²) in [6.45, 7) is 3.01. The molecule has 8 heteroatoms. The summed E-state index contributed by atoms with van der Waals surface area (Å²) in [7, 11) is 0. The first kappa shape index (κ1) is 18.1. The summed E-state index contributed by atoms with van der Waals surface area (Å²) in [4.78, 5) is 22.8. The van der Waals surface area contributed by atoms with E-state index < -0.39 is 4.92 Å². The number of amides is 1. The molecule has 0 radical (unpaired) electrons. The van der Waals surface area contributed by atoms with Crippen LogP contribution in [0, 0.1) is 24.0 Å². The summed E-state index contributed by atoms with van der Waals surface area (Å²) in [6.07, 6.45) is 0. The molecule has 0 aliphatic rings. The highest BCUT2D eigenvalue weighted by molar-refractivity contribution is 5.90. The maximum atomic E-state index is 12.2. The Hall–Kier alpha value is -3.68. The van der Waals surface area contributed by atoms with E-state index in [1.807, 2.05) is 30.3 Å². The van der Waals surface area contributed by atoms with Crippen molar-refractivity contribution in [2.75, 3.05) is 5.32 Å². The lowest BCUT2D eigenvalue weighted by Crippen LogP contribution is -2.20. The fourth-order valence-electron chi connectivity index (χ4n) is 2.67. The Bertz CT molecular complexity index is 965. The van der Waals surface area contributed by atoms with Crippen LogP contribution in [0.1, 0.15) is 11.4 Å². The van der Waals surface area contributed by atoms with Crippen LogP contribution in [0.2, 0.25) is 0 Å². The molecule has 8 nitrogen and oxygen atoms in total. The monoisotopic (exact) mass is 366 g/mol. The third kappa shape index (κ3) is 4.30. The van der Waals surface area contributed by atoms with Crippen LogP contribution >= 0.6 is 0 Å². The number of benzene rings is 2. The van der Waals surface area contributed by atoms with Crippen molar-refractivity contribution in [3.05, 3.63) is 76.1 Å². The molecule has 0 unspecified atom stereocenters. The number of para-hydroxylation sites is 1. The van der Waals surface area contributed by atoms with Crippen molar-refractivity contribution in [1.82, 2.24) is 9.78 Å². The molecule has 3 rings (SSSR count). The van der Waals surface area contributed by atoms with E-state index in [9.17, 15) is 14.9 Å². The fraction of sp³-hybridized carbons (Fsp3) is 0.158. The molecule has 1 N–H and O–H groups in total. The molecule has 0 fully saturated rings. The van der Waals surface area contributed by atoms with Crippen LogP contribution < -0.4 is 10.1 Å². The normalized spacial score (nSPS) is 10.4. The largest absolute Gasteiger partial charge is 0.457 e. The minimum absolute atomic E-state index is 0.0646. The molecule has 3 aromatic rings. The predicted octanol–water partition coefficient (Wildman–Crippen LogP) is 3.84. The van der Waals surface area contributed by atoms with E-state index in [0.717, 1.165) is 5.75 Å². The SMILES string of the molecule is Cc1nn(CC(=O)Nc2ccc(Oc3ccccc3)cc2)c(C)c1[N+](=O)[O-]. The van der Waals surface area contributed by atoms with Crippen LogP contribution in [0.25, 0.3) is 0 Å². The van der Waals surface area contributed by atoms with Crippen LogP contribution in [0.15, 0.2) is 54.6 Å². The van der Waals surface area contributed by atoms with E-state index in [4.69, 9.17) is 4.74 Å². The standard InChI is InChI=1S/C19H18N4O4/c1-13-19(23(25)26)14(2)22(21-13)12-18(24)20-15-8-10-17(11-9-15)27-16-6-4-3-5-7-16/h3-11H,12H2,1-2H3,(H,20,24). The zero-order valence-corrected chi connectivity index (χ0v) is 14.9. The van der Waals surface area contributed by atoms with Gasteiger partial charge in [-0.2, -0.15) is 5.10 Å². The molecule has 0 saturated carbocycles. The lowest BCUT2D eigenvalue weighted by atomic mass is 10.3. The van der Waals surface area contributed by atoms with Crippen LogP contribution in [-0.2, 0) is 11.3 Å². The lowest BCUT2D eigenvalue weighted by Gasteiger charge is -2.08. The first-order chi connectivity index (χ1) is 12.9. The molecule has 1 aromatic heterocycles. The van der Waals surface area contributed by atoms with E-state index in [2.05, 4.69) is 10.4 Å². The Morgan fingerprint density at radius 3 is 2.33 bits per heavy atom. The van der Waals surface area contributed by atoms with Gasteiger partial charge in [0.1, 0.15) is 29.4 Å². The second-order valence-corrected chi connectivity index (χ2v) is 5.92. The summed E-state index contributed by atoms with van der Waals surface area (Å²) in [5, 5.41) is 17.8. The zero-order valence-electron chi connectivity index (χ0n) is 14.9. The molecule has 1 heterocycles. The average Bonchev–Trinajstić information content (AvgIpc) is 2.91. The van der Waals surface area contributed by atoms with Gasteiger partial charge in [-0.3, -0.25) is 19.6 Å². The van der Waals surface area contributed by atoms with Crippen molar-refractivity contribution in [2.24, 2.45) is 0 Å². The molecule has 0 aliphatic carbocycles. The number of nitrogens with zero attached hydrogens (tertiary/aromatic N) is 3. The Labute approximate surface area is 155 Å². The Morgan fingerprint density at radius 2 is 1.74 bits per heavy atom. The first-order valence-electron chi connectivity index (χ1n) is 8.25. The van der Waals surface area contributed by atoms with Gasteiger partial charge in [0, 0.05) is 5.69 Å². The van der Waals surface area contributed by atoms with E-state index in [1.54, 1.807) is 38.1 Å². The predicted molar refractivity (Wildman–Crippen MR) is 99.9 cm³/mol. The molecule has 0 spiro atoms. The summed E-state index contributed by atoms with van der Waals surface area (Å²) < 4.78 is 7.03. The van der Waals surface area contributed by atoms with E-state index >= 15 is 0 Å². The lowest BCUT2D eigenvalue weighted by molar-refractivity contribution is -0.386. The summed E-state index contributed by atoms with van der Waals surface area (Å²) in [5.41, 5.74) is 1.16. The smallest absolute Gasteiger partial charge is 0.312 e. The van der Waals surface area contributed by atoms with E-state index in [-0.39, 0.29) is 23.8 Å². The maximum Gasteiger partial charge on any atom is 0.312 e. The number of ether oxygens (including phenoxy) is 1. The first-order valence-corrected chi connectivity index (χ1v) is 8.25. The highest BCUT2D eigenvalue weighted by atomic mass is 16.6. The minimum atomic E-state index is -0.489. The average molecular weight is 366 g/mol. The second-order valence-electron chi connectivity index (χ2n) is 5.92. The number of rotatable bonds is 6. The van der Waals surface area contributed by atoms with Gasteiger partial charge in [-0.05, 0) is 50.2 Å². The zero-order chi connectivity index (χ0) is 19.4. The van der Waals surface area contributed by atoms with Gasteiger partial charge >= 0.3 is 5.69 Å². The molecule has 0 bridgehead atoms. The van der Waals surface area contributed by atoms with Gasteiger partial charge in [-0.1, -0.05) is 18.2 Å². The van der Waals surface area contributed by atoms with Crippen LogP contribution in [0.5, 0.6) is 11.5 Å². The van der Waals surface area contributed by atoms with Gasteiger partial charge < -0.3 is 10.1 Å². The van der Waals surface area contributed by atoms with Crippen molar-refractivity contribution < 1.29 is 14.5 Å². The molecule has 0 aliphatic heterocycles.